The first-order valence-corrected chi connectivity index (χ1v) is 7.41. The van der Waals surface area contributed by atoms with Gasteiger partial charge in [0.15, 0.2) is 0 Å². The second-order valence-corrected chi connectivity index (χ2v) is 10.2. The van der Waals surface area contributed by atoms with Crippen LogP contribution in [0.5, 0.6) is 0 Å². The molecule has 0 heterocycles. The van der Waals surface area contributed by atoms with E-state index < -0.39 is 0 Å². The zero-order chi connectivity index (χ0) is 18.0. The number of rotatable bonds is 0. The molecule has 0 N–H and O–H groups in total. The Hall–Kier alpha value is 0.870. The first-order chi connectivity index (χ1) is 8.00. The monoisotopic (exact) mass is 464 g/mol. The summed E-state index contributed by atoms with van der Waals surface area (Å²) in [6.07, 6.45) is 0. The van der Waals surface area contributed by atoms with Crippen molar-refractivity contribution in [3.8, 4) is 0 Å². The maximum Gasteiger partial charge on any atom is 4.00 e. The maximum absolute atomic E-state index is 3.77. The second-order valence-electron chi connectivity index (χ2n) is 10.2. The van der Waals surface area contributed by atoms with Crippen LogP contribution in [0.1, 0.15) is 83.1 Å². The van der Waals surface area contributed by atoms with Crippen LogP contribution in [-0.4, -0.2) is 0 Å². The van der Waals surface area contributed by atoms with Crippen LogP contribution in [0.15, 0.2) is 0 Å². The van der Waals surface area contributed by atoms with Crippen LogP contribution in [-0.2, 0) is 25.8 Å². The maximum atomic E-state index is 3.77. The van der Waals surface area contributed by atoms with Gasteiger partial charge in [0.05, 0.1) is 0 Å². The van der Waals surface area contributed by atoms with Crippen LogP contribution in [0.2, 0.25) is 0 Å². The zero-order valence-electron chi connectivity index (χ0n) is 17.3. The molecule has 0 aliphatic rings. The van der Waals surface area contributed by atoms with Gasteiger partial charge in [0.2, 0.25) is 0 Å². The Labute approximate surface area is 158 Å². The van der Waals surface area contributed by atoms with E-state index in [9.17, 15) is 0 Å². The summed E-state index contributed by atoms with van der Waals surface area (Å²) < 4.78 is 0. The van der Waals surface area contributed by atoms with Crippen LogP contribution >= 0.6 is 0 Å². The Morgan fingerprint density at radius 3 is 0.333 bits per heavy atom. The molecule has 0 unspecified atom stereocenters. The first kappa shape index (κ1) is 33.5. The van der Waals surface area contributed by atoms with E-state index in [1.807, 2.05) is 0 Å². The molecule has 0 radical (unpaired) electrons. The molecule has 0 aromatic rings. The molecule has 0 aromatic carbocycles. The van der Waals surface area contributed by atoms with Gasteiger partial charge in [-0.05, 0) is 0 Å². The first-order valence-electron chi connectivity index (χ1n) is 7.41. The molecule has 0 aromatic heterocycles. The Morgan fingerprint density at radius 1 is 0.333 bits per heavy atom. The molecule has 0 aliphatic carbocycles. The topological polar surface area (TPSA) is 0 Å². The molecule has 0 bridgehead atoms. The summed E-state index contributed by atoms with van der Waals surface area (Å²) in [5, 5.41) is 0. The molecule has 0 nitrogen and oxygen atoms in total. The summed E-state index contributed by atoms with van der Waals surface area (Å²) in [4.78, 5) is 0. The molecular weight excluding hydrogens is 419 g/mol. The average molecular weight is 463 g/mol. The van der Waals surface area contributed by atoms with E-state index in [0.29, 0.717) is 0 Å². The molecule has 0 fully saturated rings. The molecule has 0 spiro atoms. The molecule has 0 atom stereocenters. The second kappa shape index (κ2) is 13.3. The zero-order valence-corrected chi connectivity index (χ0v) is 20.9. The van der Waals surface area contributed by atoms with E-state index in [1.54, 1.807) is 0 Å². The molecule has 0 saturated carbocycles. The van der Waals surface area contributed by atoms with E-state index >= 15 is 0 Å². The fourth-order valence-electron chi connectivity index (χ4n) is 0. The van der Waals surface area contributed by atoms with Gasteiger partial charge in [-0.2, -0.15) is 21.7 Å². The van der Waals surface area contributed by atoms with Crippen molar-refractivity contribution in [2.75, 3.05) is 0 Å². The average Bonchev–Trinajstić information content (AvgIpc) is 1.62. The summed E-state index contributed by atoms with van der Waals surface area (Å²) in [5.41, 5.74) is 1.00. The van der Waals surface area contributed by atoms with Gasteiger partial charge in [-0.25, -0.2) is 0 Å². The van der Waals surface area contributed by atoms with Crippen molar-refractivity contribution < 1.29 is 25.8 Å². The summed E-state index contributed by atoms with van der Waals surface area (Å²) in [6, 6.07) is 0. The summed E-state index contributed by atoms with van der Waals surface area (Å²) in [7, 11) is 0. The van der Waals surface area contributed by atoms with E-state index in [0.717, 1.165) is 0 Å². The van der Waals surface area contributed by atoms with E-state index in [-0.39, 0.29) is 47.5 Å². The van der Waals surface area contributed by atoms with Crippen molar-refractivity contribution in [3.63, 3.8) is 0 Å². The van der Waals surface area contributed by atoms with Gasteiger partial charge in [0.1, 0.15) is 0 Å². The van der Waals surface area contributed by atoms with Crippen molar-refractivity contribution in [3.05, 3.63) is 27.7 Å². The van der Waals surface area contributed by atoms with Crippen LogP contribution in [0.25, 0.3) is 0 Å². The van der Waals surface area contributed by atoms with E-state index in [2.05, 4.69) is 111 Å². The Kier molecular flexibility index (Phi) is 21.2. The summed E-state index contributed by atoms with van der Waals surface area (Å²) in [6.45, 7) is 40.0. The fourth-order valence-corrected chi connectivity index (χ4v) is 0. The van der Waals surface area contributed by atoms with E-state index in [1.165, 1.54) is 0 Å². The van der Waals surface area contributed by atoms with Crippen LogP contribution < -0.4 is 0 Å². The SMILES string of the molecule is [CH2-]C(C)(C)C.[CH2-]C(C)(C)C.[CH2-]C(C)(C)C.[CH2-]C(C)(C)C.[Hf+4]. The molecule has 128 valence electrons. The molecular formula is C20H44Hf. The minimum absolute atomic E-state index is 0. The van der Waals surface area contributed by atoms with Gasteiger partial charge in [-0.1, -0.05) is 83.1 Å². The van der Waals surface area contributed by atoms with Gasteiger partial charge in [-0.3, -0.25) is 0 Å². The van der Waals surface area contributed by atoms with Crippen LogP contribution in [0, 0.1) is 49.4 Å². The fraction of sp³-hybridized carbons (Fsp3) is 0.800. The van der Waals surface area contributed by atoms with Crippen molar-refractivity contribution in [2.45, 2.75) is 83.1 Å². The van der Waals surface area contributed by atoms with Crippen LogP contribution in [0.3, 0.4) is 0 Å². The normalized spacial score (nSPS) is 11.4. The predicted molar refractivity (Wildman–Crippen MR) is 99.2 cm³/mol. The van der Waals surface area contributed by atoms with Crippen molar-refractivity contribution >= 4 is 0 Å². The third kappa shape index (κ3) is 9820. The Bertz CT molecular complexity index is 116. The van der Waals surface area contributed by atoms with Crippen LogP contribution in [0.4, 0.5) is 0 Å². The van der Waals surface area contributed by atoms with E-state index in [4.69, 9.17) is 0 Å². The smallest absolute Gasteiger partial charge is 0.338 e. The quantitative estimate of drug-likeness (QED) is 0.259. The van der Waals surface area contributed by atoms with Gasteiger partial charge < -0.3 is 27.7 Å². The third-order valence-electron chi connectivity index (χ3n) is 0. The minimum Gasteiger partial charge on any atom is -0.338 e. The standard InChI is InChI=1S/4C5H11.Hf/c4*1-5(2,3)4;/h4*1H2,2-4H3;/q4*-1;+4. The molecule has 0 rings (SSSR count). The largest absolute Gasteiger partial charge is 4.00 e. The van der Waals surface area contributed by atoms with Crippen molar-refractivity contribution in [2.24, 2.45) is 21.7 Å². The molecule has 0 amide bonds. The summed E-state index contributed by atoms with van der Waals surface area (Å²) in [5.74, 6) is 0. The predicted octanol–water partition coefficient (Wildman–Crippen LogP) is 7.46. The number of hydrogen-bond acceptors (Lipinski definition) is 0. The van der Waals surface area contributed by atoms with Gasteiger partial charge >= 0.3 is 25.8 Å². The summed E-state index contributed by atoms with van der Waals surface area (Å²) >= 11 is 0. The molecule has 21 heavy (non-hydrogen) atoms. The Balaban J connectivity index is -0.0000000533. The Morgan fingerprint density at radius 2 is 0.333 bits per heavy atom. The van der Waals surface area contributed by atoms with Crippen molar-refractivity contribution in [1.82, 2.24) is 0 Å². The molecule has 1 heteroatoms. The minimum atomic E-state index is 0. The molecule has 0 saturated heterocycles. The van der Waals surface area contributed by atoms with Gasteiger partial charge in [0.25, 0.3) is 0 Å². The number of hydrogen-bond donors (Lipinski definition) is 0. The van der Waals surface area contributed by atoms with Gasteiger partial charge in [-0.15, -0.1) is 0 Å². The van der Waals surface area contributed by atoms with Crippen molar-refractivity contribution in [1.29, 1.82) is 0 Å². The molecule has 0 aliphatic heterocycles. The van der Waals surface area contributed by atoms with Gasteiger partial charge in [0, 0.05) is 0 Å². The third-order valence-corrected chi connectivity index (χ3v) is 0.